The molecule has 1 aromatic heterocycles. The molecule has 108 valence electrons. The Hall–Kier alpha value is -2.25. The van der Waals surface area contributed by atoms with Gasteiger partial charge in [-0.1, -0.05) is 6.07 Å². The second-order valence-electron chi connectivity index (χ2n) is 3.89. The standard InChI is InChI=1S/C13H16N2O5/c16-7-5-15(6-8-17)13(20)11-3-1-10(9-14-11)2-4-12(18)19/h1-4,9,16-17H,5-8H2,(H,18,19). The van der Waals surface area contributed by atoms with Gasteiger partial charge in [0.05, 0.1) is 13.2 Å². The molecule has 1 rings (SSSR count). The van der Waals surface area contributed by atoms with E-state index in [1.54, 1.807) is 6.07 Å². The SMILES string of the molecule is O=C(O)C=Cc1ccc(C(=O)N(CCO)CCO)nc1. The number of carbonyl (C=O) groups excluding carboxylic acids is 1. The first-order chi connectivity index (χ1) is 9.58. The molecule has 0 atom stereocenters. The molecule has 0 aliphatic heterocycles. The highest BCUT2D eigenvalue weighted by molar-refractivity contribution is 5.92. The lowest BCUT2D eigenvalue weighted by Crippen LogP contribution is -2.36. The molecule has 0 bridgehead atoms. The molecule has 0 spiro atoms. The number of hydrogen-bond acceptors (Lipinski definition) is 5. The first-order valence-corrected chi connectivity index (χ1v) is 5.96. The molecule has 20 heavy (non-hydrogen) atoms. The maximum Gasteiger partial charge on any atom is 0.328 e. The molecular weight excluding hydrogens is 264 g/mol. The van der Waals surface area contributed by atoms with Crippen LogP contribution < -0.4 is 0 Å². The molecule has 0 aliphatic rings. The number of carboxylic acid groups (broad SMARTS) is 1. The van der Waals surface area contributed by atoms with Crippen molar-refractivity contribution in [3.8, 4) is 0 Å². The van der Waals surface area contributed by atoms with Crippen LogP contribution in [0.3, 0.4) is 0 Å². The largest absolute Gasteiger partial charge is 0.478 e. The van der Waals surface area contributed by atoms with Gasteiger partial charge in [0.25, 0.3) is 5.91 Å². The Bertz CT molecular complexity index is 478. The van der Waals surface area contributed by atoms with Gasteiger partial charge in [-0.2, -0.15) is 0 Å². The molecule has 0 fully saturated rings. The van der Waals surface area contributed by atoms with Crippen LogP contribution in [-0.4, -0.2) is 63.4 Å². The van der Waals surface area contributed by atoms with Crippen LogP contribution in [-0.2, 0) is 4.79 Å². The summed E-state index contributed by atoms with van der Waals surface area (Å²) in [6.07, 6.45) is 3.72. The Morgan fingerprint density at radius 3 is 2.30 bits per heavy atom. The highest BCUT2D eigenvalue weighted by atomic mass is 16.4. The quantitative estimate of drug-likeness (QED) is 0.586. The minimum atomic E-state index is -1.07. The molecule has 1 amide bonds. The molecule has 0 aliphatic carbocycles. The van der Waals surface area contributed by atoms with Crippen molar-refractivity contribution in [2.75, 3.05) is 26.3 Å². The summed E-state index contributed by atoms with van der Waals surface area (Å²) in [6, 6.07) is 3.03. The Morgan fingerprint density at radius 2 is 1.85 bits per heavy atom. The number of nitrogens with zero attached hydrogens (tertiary/aromatic N) is 2. The van der Waals surface area contributed by atoms with Crippen LogP contribution in [0.2, 0.25) is 0 Å². The summed E-state index contributed by atoms with van der Waals surface area (Å²) >= 11 is 0. The molecule has 7 nitrogen and oxygen atoms in total. The molecule has 1 aromatic rings. The number of aliphatic carboxylic acids is 1. The first kappa shape index (κ1) is 15.8. The molecule has 7 heteroatoms. The monoisotopic (exact) mass is 280 g/mol. The summed E-state index contributed by atoms with van der Waals surface area (Å²) in [5.74, 6) is -1.47. The lowest BCUT2D eigenvalue weighted by Gasteiger charge is -2.20. The van der Waals surface area contributed by atoms with Crippen molar-refractivity contribution in [1.82, 2.24) is 9.88 Å². The van der Waals surface area contributed by atoms with Crippen LogP contribution in [0.5, 0.6) is 0 Å². The number of carboxylic acids is 1. The number of aromatic nitrogens is 1. The fraction of sp³-hybridized carbons (Fsp3) is 0.308. The smallest absolute Gasteiger partial charge is 0.328 e. The number of hydrogen-bond donors (Lipinski definition) is 3. The first-order valence-electron chi connectivity index (χ1n) is 5.96. The normalized spacial score (nSPS) is 10.7. The summed E-state index contributed by atoms with van der Waals surface area (Å²) in [4.78, 5) is 27.6. The summed E-state index contributed by atoms with van der Waals surface area (Å²) in [7, 11) is 0. The Balaban J connectivity index is 2.80. The zero-order chi connectivity index (χ0) is 15.0. The van der Waals surface area contributed by atoms with Crippen LogP contribution >= 0.6 is 0 Å². The summed E-state index contributed by atoms with van der Waals surface area (Å²) in [6.45, 7) is -0.181. The number of aliphatic hydroxyl groups is 2. The van der Waals surface area contributed by atoms with Crippen LogP contribution in [0.15, 0.2) is 24.4 Å². The van der Waals surface area contributed by atoms with Gasteiger partial charge in [-0.15, -0.1) is 0 Å². The maximum absolute atomic E-state index is 12.0. The van der Waals surface area contributed by atoms with E-state index in [4.69, 9.17) is 15.3 Å². The average molecular weight is 280 g/mol. The van der Waals surface area contributed by atoms with Crippen LogP contribution in [0.1, 0.15) is 16.1 Å². The van der Waals surface area contributed by atoms with Crippen molar-refractivity contribution in [1.29, 1.82) is 0 Å². The minimum absolute atomic E-state index is 0.113. The van der Waals surface area contributed by atoms with Gasteiger partial charge in [-0.05, 0) is 17.7 Å². The van der Waals surface area contributed by atoms with E-state index in [-0.39, 0.29) is 32.0 Å². The molecule has 0 saturated heterocycles. The zero-order valence-corrected chi connectivity index (χ0v) is 10.8. The highest BCUT2D eigenvalue weighted by Gasteiger charge is 2.15. The lowest BCUT2D eigenvalue weighted by atomic mass is 10.2. The third-order valence-corrected chi connectivity index (χ3v) is 2.45. The lowest BCUT2D eigenvalue weighted by molar-refractivity contribution is -0.131. The van der Waals surface area contributed by atoms with Gasteiger partial charge >= 0.3 is 5.97 Å². The fourth-order valence-corrected chi connectivity index (χ4v) is 1.52. The third-order valence-electron chi connectivity index (χ3n) is 2.45. The predicted molar refractivity (Wildman–Crippen MR) is 71.0 cm³/mol. The minimum Gasteiger partial charge on any atom is -0.478 e. The van der Waals surface area contributed by atoms with E-state index in [1.807, 2.05) is 0 Å². The van der Waals surface area contributed by atoms with E-state index in [0.29, 0.717) is 5.56 Å². The van der Waals surface area contributed by atoms with E-state index >= 15 is 0 Å². The molecule has 1 heterocycles. The van der Waals surface area contributed by atoms with Gasteiger partial charge in [-0.25, -0.2) is 4.79 Å². The molecular formula is C13H16N2O5. The Kier molecular flexibility index (Phi) is 6.34. The van der Waals surface area contributed by atoms with Crippen molar-refractivity contribution in [2.45, 2.75) is 0 Å². The van der Waals surface area contributed by atoms with Gasteiger partial charge in [-0.3, -0.25) is 9.78 Å². The zero-order valence-electron chi connectivity index (χ0n) is 10.8. The van der Waals surface area contributed by atoms with Gasteiger partial charge < -0.3 is 20.2 Å². The Morgan fingerprint density at radius 1 is 1.20 bits per heavy atom. The summed E-state index contributed by atoms with van der Waals surface area (Å²) in [5, 5.41) is 26.2. The molecule has 0 aromatic carbocycles. The van der Waals surface area contributed by atoms with E-state index in [0.717, 1.165) is 6.08 Å². The number of pyridine rings is 1. The van der Waals surface area contributed by atoms with Crippen LogP contribution in [0.4, 0.5) is 0 Å². The van der Waals surface area contributed by atoms with Crippen LogP contribution in [0.25, 0.3) is 6.08 Å². The van der Waals surface area contributed by atoms with E-state index in [2.05, 4.69) is 4.98 Å². The number of amides is 1. The van der Waals surface area contributed by atoms with Crippen molar-refractivity contribution in [2.24, 2.45) is 0 Å². The fourth-order valence-electron chi connectivity index (χ4n) is 1.52. The van der Waals surface area contributed by atoms with Crippen molar-refractivity contribution in [3.05, 3.63) is 35.7 Å². The third kappa shape index (κ3) is 4.79. The van der Waals surface area contributed by atoms with Gasteiger partial charge in [0, 0.05) is 25.4 Å². The second-order valence-corrected chi connectivity index (χ2v) is 3.89. The maximum atomic E-state index is 12.0. The second kappa shape index (κ2) is 8.03. The van der Waals surface area contributed by atoms with Gasteiger partial charge in [0.15, 0.2) is 0 Å². The van der Waals surface area contributed by atoms with Crippen molar-refractivity contribution >= 4 is 18.0 Å². The van der Waals surface area contributed by atoms with E-state index in [9.17, 15) is 9.59 Å². The topological polar surface area (TPSA) is 111 Å². The molecule has 0 radical (unpaired) electrons. The van der Waals surface area contributed by atoms with Gasteiger partial charge in [0.1, 0.15) is 5.69 Å². The number of aliphatic hydroxyl groups excluding tert-OH is 2. The van der Waals surface area contributed by atoms with Crippen LogP contribution in [0, 0.1) is 0 Å². The average Bonchev–Trinajstić information content (AvgIpc) is 2.44. The molecule has 0 unspecified atom stereocenters. The highest BCUT2D eigenvalue weighted by Crippen LogP contribution is 2.06. The van der Waals surface area contributed by atoms with Gasteiger partial charge in [0.2, 0.25) is 0 Å². The number of carbonyl (C=O) groups is 2. The molecule has 3 N–H and O–H groups in total. The number of rotatable bonds is 7. The predicted octanol–water partition coefficient (Wildman–Crippen LogP) is -0.394. The Labute approximate surface area is 115 Å². The summed E-state index contributed by atoms with van der Waals surface area (Å²) in [5.41, 5.74) is 0.721. The molecule has 0 saturated carbocycles. The van der Waals surface area contributed by atoms with Crippen molar-refractivity contribution in [3.63, 3.8) is 0 Å². The summed E-state index contributed by atoms with van der Waals surface area (Å²) < 4.78 is 0. The van der Waals surface area contributed by atoms with E-state index < -0.39 is 11.9 Å². The van der Waals surface area contributed by atoms with E-state index in [1.165, 1.54) is 23.2 Å². The van der Waals surface area contributed by atoms with Crippen molar-refractivity contribution < 1.29 is 24.9 Å².